The molecule has 4 aliphatic rings. The van der Waals surface area contributed by atoms with Crippen LogP contribution in [0.1, 0.15) is 70.3 Å². The van der Waals surface area contributed by atoms with Crippen LogP contribution in [0.25, 0.3) is 0 Å². The first-order valence-electron chi connectivity index (χ1n) is 11.3. The molecule has 4 heteroatoms. The zero-order valence-corrected chi connectivity index (χ0v) is 17.9. The van der Waals surface area contributed by atoms with Crippen molar-refractivity contribution >= 4 is 17.3 Å². The van der Waals surface area contributed by atoms with Gasteiger partial charge in [0.1, 0.15) is 5.60 Å². The van der Waals surface area contributed by atoms with E-state index in [4.69, 9.17) is 5.73 Å². The number of rotatable bonds is 2. The number of carbonyl (C=O) groups is 2. The number of fused-ring (bicyclic) bond motifs is 4. The molecule has 4 nitrogen and oxygen atoms in total. The summed E-state index contributed by atoms with van der Waals surface area (Å²) in [6, 6.07) is 8.09. The Morgan fingerprint density at radius 3 is 2.57 bits per heavy atom. The number of hydrogen-bond donors (Lipinski definition) is 2. The van der Waals surface area contributed by atoms with Crippen molar-refractivity contribution in [1.82, 2.24) is 0 Å². The van der Waals surface area contributed by atoms with Gasteiger partial charge in [-0.05, 0) is 92.2 Å². The van der Waals surface area contributed by atoms with Crippen molar-refractivity contribution in [3.8, 4) is 0 Å². The predicted octanol–water partition coefficient (Wildman–Crippen LogP) is 4.49. The van der Waals surface area contributed by atoms with Gasteiger partial charge in [-0.1, -0.05) is 24.6 Å². The summed E-state index contributed by atoms with van der Waals surface area (Å²) in [6.45, 7) is 3.70. The highest BCUT2D eigenvalue weighted by atomic mass is 16.3. The molecule has 5 atom stereocenters. The van der Waals surface area contributed by atoms with E-state index in [-0.39, 0.29) is 17.5 Å². The summed E-state index contributed by atoms with van der Waals surface area (Å²) in [7, 11) is 0. The lowest BCUT2D eigenvalue weighted by Gasteiger charge is -2.54. The second-order valence-corrected chi connectivity index (χ2v) is 10.1. The van der Waals surface area contributed by atoms with E-state index < -0.39 is 11.0 Å². The van der Waals surface area contributed by atoms with E-state index in [0.29, 0.717) is 24.7 Å². The number of carbonyl (C=O) groups excluding carboxylic acids is 2. The highest BCUT2D eigenvalue weighted by molar-refractivity contribution is 5.93. The van der Waals surface area contributed by atoms with Crippen LogP contribution in [0.2, 0.25) is 0 Å². The van der Waals surface area contributed by atoms with Crippen molar-refractivity contribution in [1.29, 1.82) is 0 Å². The molecule has 0 unspecified atom stereocenters. The molecule has 158 valence electrons. The molecule has 1 aromatic rings. The van der Waals surface area contributed by atoms with Gasteiger partial charge in [0.2, 0.25) is 0 Å². The van der Waals surface area contributed by atoms with Crippen LogP contribution in [0.15, 0.2) is 47.1 Å². The molecule has 30 heavy (non-hydrogen) atoms. The van der Waals surface area contributed by atoms with Gasteiger partial charge in [-0.25, -0.2) is 0 Å². The smallest absolute Gasteiger partial charge is 0.161 e. The van der Waals surface area contributed by atoms with Gasteiger partial charge in [0.05, 0.1) is 0 Å². The molecule has 0 radical (unpaired) electrons. The molecule has 5 rings (SSSR count). The lowest BCUT2D eigenvalue weighted by Crippen LogP contribution is -2.55. The summed E-state index contributed by atoms with van der Waals surface area (Å²) >= 11 is 0. The zero-order chi connectivity index (χ0) is 21.3. The Hall–Kier alpha value is -2.20. The highest BCUT2D eigenvalue weighted by Gasteiger charge is 2.64. The van der Waals surface area contributed by atoms with Crippen molar-refractivity contribution in [2.75, 3.05) is 5.73 Å². The first-order valence-corrected chi connectivity index (χ1v) is 11.3. The number of benzene rings is 1. The Morgan fingerprint density at radius 2 is 1.87 bits per heavy atom. The molecule has 4 aliphatic carbocycles. The molecule has 0 aliphatic heterocycles. The quantitative estimate of drug-likeness (QED) is 0.711. The molecule has 0 spiro atoms. The number of hydrogen-bond acceptors (Lipinski definition) is 4. The lowest BCUT2D eigenvalue weighted by atomic mass is 9.51. The van der Waals surface area contributed by atoms with E-state index in [2.05, 4.69) is 19.1 Å². The van der Waals surface area contributed by atoms with Crippen LogP contribution < -0.4 is 5.73 Å². The Kier molecular flexibility index (Phi) is 4.38. The maximum atomic E-state index is 12.6. The molecule has 2 saturated carbocycles. The molecule has 0 aromatic heterocycles. The van der Waals surface area contributed by atoms with Gasteiger partial charge in [0, 0.05) is 23.4 Å². The summed E-state index contributed by atoms with van der Waals surface area (Å²) in [5, 5.41) is 11.5. The van der Waals surface area contributed by atoms with Crippen LogP contribution in [0.3, 0.4) is 0 Å². The molecule has 0 saturated heterocycles. The van der Waals surface area contributed by atoms with Crippen LogP contribution in [0, 0.1) is 17.3 Å². The van der Waals surface area contributed by atoms with E-state index in [1.165, 1.54) is 22.3 Å². The van der Waals surface area contributed by atoms with Crippen LogP contribution in [0.4, 0.5) is 5.69 Å². The number of Topliss-reactive ketones (excluding diaryl/α,β-unsaturated/α-hetero) is 1. The van der Waals surface area contributed by atoms with Crippen LogP contribution >= 0.6 is 0 Å². The Morgan fingerprint density at radius 1 is 1.13 bits per heavy atom. The van der Waals surface area contributed by atoms with Crippen LogP contribution in [0.5, 0.6) is 0 Å². The largest absolute Gasteiger partial charge is 0.399 e. The second-order valence-electron chi connectivity index (χ2n) is 10.1. The number of nitrogens with two attached hydrogens (primary N) is 1. The fourth-order valence-electron chi connectivity index (χ4n) is 7.27. The first kappa shape index (κ1) is 19.7. The third-order valence-corrected chi connectivity index (χ3v) is 8.81. The average Bonchev–Trinajstić information content (AvgIpc) is 2.99. The topological polar surface area (TPSA) is 80.4 Å². The van der Waals surface area contributed by atoms with Crippen molar-refractivity contribution in [3.05, 3.63) is 52.6 Å². The predicted molar refractivity (Wildman–Crippen MR) is 117 cm³/mol. The van der Waals surface area contributed by atoms with E-state index in [1.54, 1.807) is 6.92 Å². The van der Waals surface area contributed by atoms with Gasteiger partial charge < -0.3 is 10.8 Å². The minimum atomic E-state index is -1.25. The first-order chi connectivity index (χ1) is 14.2. The van der Waals surface area contributed by atoms with E-state index in [9.17, 15) is 14.7 Å². The van der Waals surface area contributed by atoms with E-state index >= 15 is 0 Å². The van der Waals surface area contributed by atoms with Gasteiger partial charge in [-0.2, -0.15) is 0 Å². The molecular weight excluding hydrogens is 374 g/mol. The fourth-order valence-corrected chi connectivity index (χ4v) is 7.27. The normalized spacial score (nSPS) is 37.9. The molecule has 3 N–H and O–H groups in total. The summed E-state index contributed by atoms with van der Waals surface area (Å²) in [5.74, 6) is 0.953. The van der Waals surface area contributed by atoms with Gasteiger partial charge in [0.25, 0.3) is 0 Å². The van der Waals surface area contributed by atoms with Gasteiger partial charge in [-0.15, -0.1) is 0 Å². The van der Waals surface area contributed by atoms with Crippen molar-refractivity contribution in [2.24, 2.45) is 17.3 Å². The lowest BCUT2D eigenvalue weighted by molar-refractivity contribution is -0.152. The second kappa shape index (κ2) is 6.65. The summed E-state index contributed by atoms with van der Waals surface area (Å²) in [4.78, 5) is 24.7. The summed E-state index contributed by atoms with van der Waals surface area (Å²) in [6.07, 6.45) is 7.40. The number of aliphatic hydroxyl groups is 1. The van der Waals surface area contributed by atoms with Crippen molar-refractivity contribution < 1.29 is 14.7 Å². The molecule has 1 aromatic carbocycles. The Balaban J connectivity index is 1.70. The summed E-state index contributed by atoms with van der Waals surface area (Å²) in [5.41, 5.74) is 10.3. The minimum absolute atomic E-state index is 0.0979. The monoisotopic (exact) mass is 405 g/mol. The number of nitrogen functional groups attached to an aromatic ring is 1. The standard InChI is InChI=1S/C26H31NO3/c1-15(28)26(30)12-11-23-21-9-5-17-13-19(29)8-10-20(17)24(21)22(14-25(23,26)2)16-3-6-18(27)7-4-16/h3-4,6-7,13,21-23,30H,5,8-12,14,27H2,1-2H3/t21-,22-,23-,25-,26-/m0/s1. The van der Waals surface area contributed by atoms with Gasteiger partial charge >= 0.3 is 0 Å². The Labute approximate surface area is 178 Å². The third-order valence-electron chi connectivity index (χ3n) is 8.81. The molecule has 0 amide bonds. The number of anilines is 1. The zero-order valence-electron chi connectivity index (χ0n) is 17.9. The van der Waals surface area contributed by atoms with Gasteiger partial charge in [0.15, 0.2) is 11.6 Å². The molecular formula is C26H31NO3. The molecule has 2 fully saturated rings. The van der Waals surface area contributed by atoms with Crippen LogP contribution in [-0.2, 0) is 9.59 Å². The van der Waals surface area contributed by atoms with Gasteiger partial charge in [-0.3, -0.25) is 9.59 Å². The Bertz CT molecular complexity index is 988. The van der Waals surface area contributed by atoms with Crippen molar-refractivity contribution in [3.63, 3.8) is 0 Å². The van der Waals surface area contributed by atoms with Crippen LogP contribution in [-0.4, -0.2) is 22.3 Å². The fraction of sp³-hybridized carbons (Fsp3) is 0.538. The third kappa shape index (κ3) is 2.62. The highest BCUT2D eigenvalue weighted by Crippen LogP contribution is 2.66. The number of ketones is 2. The maximum absolute atomic E-state index is 12.6. The average molecular weight is 406 g/mol. The maximum Gasteiger partial charge on any atom is 0.161 e. The van der Waals surface area contributed by atoms with E-state index in [1.807, 2.05) is 18.2 Å². The van der Waals surface area contributed by atoms with Crippen molar-refractivity contribution in [2.45, 2.75) is 70.3 Å². The SMILES string of the molecule is CC(=O)[C@@]1(O)CC[C@H]2[C@@H]3CCC4=CC(=O)CCC4=C3[C@H](c3ccc(N)cc3)C[C@@]21C. The summed E-state index contributed by atoms with van der Waals surface area (Å²) < 4.78 is 0. The molecule has 0 heterocycles. The molecule has 0 bridgehead atoms. The minimum Gasteiger partial charge on any atom is -0.399 e. The number of allylic oxidation sites excluding steroid dienone is 4. The van der Waals surface area contributed by atoms with E-state index in [0.717, 1.165) is 37.8 Å².